The summed E-state index contributed by atoms with van der Waals surface area (Å²) in [5, 5.41) is 9.72. The highest BCUT2D eigenvalue weighted by molar-refractivity contribution is 9.10. The van der Waals surface area contributed by atoms with E-state index in [1.807, 2.05) is 24.3 Å². The van der Waals surface area contributed by atoms with Crippen molar-refractivity contribution in [1.29, 1.82) is 0 Å². The Hall–Kier alpha value is -1.62. The number of carbonyl (C=O) groups is 1. The van der Waals surface area contributed by atoms with Crippen LogP contribution in [0.1, 0.15) is 35.8 Å². The third kappa shape index (κ3) is 2.79. The minimum absolute atomic E-state index is 0.177. The highest BCUT2D eigenvalue weighted by Gasteiger charge is 2.11. The van der Waals surface area contributed by atoms with Crippen LogP contribution in [0.2, 0.25) is 0 Å². The van der Waals surface area contributed by atoms with Gasteiger partial charge in [0.2, 0.25) is 0 Å². The van der Waals surface area contributed by atoms with Gasteiger partial charge in [-0.1, -0.05) is 26.0 Å². The van der Waals surface area contributed by atoms with Gasteiger partial charge in [-0.3, -0.25) is 9.89 Å². The Balaban J connectivity index is 2.14. The molecule has 18 heavy (non-hydrogen) atoms. The van der Waals surface area contributed by atoms with Crippen molar-refractivity contribution >= 4 is 27.7 Å². The second-order valence-corrected chi connectivity index (χ2v) is 5.15. The summed E-state index contributed by atoms with van der Waals surface area (Å²) < 4.78 is 0.766. The van der Waals surface area contributed by atoms with Gasteiger partial charge in [0.05, 0.1) is 5.56 Å². The molecule has 0 unspecified atom stereocenters. The molecule has 0 bridgehead atoms. The van der Waals surface area contributed by atoms with E-state index in [1.165, 1.54) is 0 Å². The molecule has 2 rings (SSSR count). The normalized spacial score (nSPS) is 10.7. The number of aromatic nitrogens is 2. The van der Waals surface area contributed by atoms with Crippen molar-refractivity contribution in [3.8, 4) is 0 Å². The average Bonchev–Trinajstić information content (AvgIpc) is 2.78. The van der Waals surface area contributed by atoms with Crippen LogP contribution >= 0.6 is 15.9 Å². The number of anilines is 1. The summed E-state index contributed by atoms with van der Waals surface area (Å²) in [6, 6.07) is 9.13. The minimum atomic E-state index is -0.177. The van der Waals surface area contributed by atoms with Crippen LogP contribution < -0.4 is 5.32 Å². The Kier molecular flexibility index (Phi) is 3.81. The van der Waals surface area contributed by atoms with Crippen molar-refractivity contribution in [3.05, 3.63) is 46.1 Å². The van der Waals surface area contributed by atoms with Crippen LogP contribution in [0.4, 0.5) is 5.82 Å². The largest absolute Gasteiger partial charge is 0.305 e. The van der Waals surface area contributed by atoms with Crippen molar-refractivity contribution in [2.24, 2.45) is 0 Å². The molecule has 0 aliphatic rings. The maximum absolute atomic E-state index is 12.0. The molecule has 2 aromatic rings. The zero-order chi connectivity index (χ0) is 13.1. The molecule has 0 saturated heterocycles. The third-order valence-electron chi connectivity index (χ3n) is 2.58. The van der Waals surface area contributed by atoms with E-state index >= 15 is 0 Å². The Bertz CT molecular complexity index is 563. The van der Waals surface area contributed by atoms with Gasteiger partial charge in [0, 0.05) is 16.2 Å². The molecule has 0 radical (unpaired) electrons. The SMILES string of the molecule is CC(C)c1cc(NC(=O)c2ccccc2Br)n[nH]1. The van der Waals surface area contributed by atoms with Gasteiger partial charge in [0.15, 0.2) is 5.82 Å². The molecule has 0 fully saturated rings. The number of halogens is 1. The van der Waals surface area contributed by atoms with Gasteiger partial charge in [-0.15, -0.1) is 0 Å². The first-order valence-corrected chi connectivity index (χ1v) is 6.48. The third-order valence-corrected chi connectivity index (χ3v) is 3.27. The zero-order valence-electron chi connectivity index (χ0n) is 10.2. The molecule has 0 spiro atoms. The highest BCUT2D eigenvalue weighted by atomic mass is 79.9. The first-order valence-electron chi connectivity index (χ1n) is 5.69. The van der Waals surface area contributed by atoms with E-state index < -0.39 is 0 Å². The lowest BCUT2D eigenvalue weighted by Crippen LogP contribution is -2.12. The van der Waals surface area contributed by atoms with Crippen molar-refractivity contribution in [2.75, 3.05) is 5.32 Å². The number of aromatic amines is 1. The topological polar surface area (TPSA) is 57.8 Å². The lowest BCUT2D eigenvalue weighted by molar-refractivity contribution is 0.102. The number of H-pyrrole nitrogens is 1. The van der Waals surface area contributed by atoms with Crippen LogP contribution in [0.5, 0.6) is 0 Å². The van der Waals surface area contributed by atoms with Crippen LogP contribution in [-0.4, -0.2) is 16.1 Å². The summed E-state index contributed by atoms with van der Waals surface area (Å²) >= 11 is 3.35. The lowest BCUT2D eigenvalue weighted by atomic mass is 10.1. The summed E-state index contributed by atoms with van der Waals surface area (Å²) in [5.74, 6) is 0.718. The van der Waals surface area contributed by atoms with E-state index in [-0.39, 0.29) is 5.91 Å². The van der Waals surface area contributed by atoms with Gasteiger partial charge in [-0.25, -0.2) is 0 Å². The molecule has 2 N–H and O–H groups in total. The van der Waals surface area contributed by atoms with E-state index in [4.69, 9.17) is 0 Å². The molecule has 0 aliphatic heterocycles. The van der Waals surface area contributed by atoms with E-state index in [0.717, 1.165) is 10.2 Å². The van der Waals surface area contributed by atoms with Crippen molar-refractivity contribution < 1.29 is 4.79 Å². The first-order chi connectivity index (χ1) is 8.58. The Morgan fingerprint density at radius 2 is 2.11 bits per heavy atom. The number of benzene rings is 1. The molecule has 4 nitrogen and oxygen atoms in total. The molecule has 0 atom stereocenters. The van der Waals surface area contributed by atoms with Gasteiger partial charge in [0.25, 0.3) is 5.91 Å². The summed E-state index contributed by atoms with van der Waals surface area (Å²) in [4.78, 5) is 12.0. The highest BCUT2D eigenvalue weighted by Crippen LogP contribution is 2.19. The smallest absolute Gasteiger partial charge is 0.258 e. The maximum atomic E-state index is 12.0. The molecule has 5 heteroatoms. The lowest BCUT2D eigenvalue weighted by Gasteiger charge is -2.03. The van der Waals surface area contributed by atoms with Gasteiger partial charge in [0.1, 0.15) is 0 Å². The predicted molar refractivity (Wildman–Crippen MR) is 74.8 cm³/mol. The summed E-state index contributed by atoms with van der Waals surface area (Å²) in [6.07, 6.45) is 0. The molecule has 0 aliphatic carbocycles. The molecule has 1 aromatic heterocycles. The van der Waals surface area contributed by atoms with Crippen molar-refractivity contribution in [2.45, 2.75) is 19.8 Å². The summed E-state index contributed by atoms with van der Waals surface area (Å²) in [5.41, 5.74) is 1.59. The van der Waals surface area contributed by atoms with Crippen LogP contribution in [0, 0.1) is 0 Å². The van der Waals surface area contributed by atoms with Crippen LogP contribution in [-0.2, 0) is 0 Å². The van der Waals surface area contributed by atoms with Crippen molar-refractivity contribution in [1.82, 2.24) is 10.2 Å². The average molecular weight is 308 g/mol. The summed E-state index contributed by atoms with van der Waals surface area (Å²) in [6.45, 7) is 4.12. The van der Waals surface area contributed by atoms with E-state index in [1.54, 1.807) is 6.07 Å². The molecule has 0 saturated carbocycles. The second kappa shape index (κ2) is 5.35. The number of nitrogens with zero attached hydrogens (tertiary/aromatic N) is 1. The van der Waals surface area contributed by atoms with E-state index in [0.29, 0.717) is 17.3 Å². The number of hydrogen-bond acceptors (Lipinski definition) is 2. The fourth-order valence-corrected chi connectivity index (χ4v) is 1.99. The zero-order valence-corrected chi connectivity index (χ0v) is 11.8. The number of rotatable bonds is 3. The fraction of sp³-hybridized carbons (Fsp3) is 0.231. The van der Waals surface area contributed by atoms with Crippen LogP contribution in [0.3, 0.4) is 0 Å². The Labute approximate surface area is 114 Å². The van der Waals surface area contributed by atoms with Gasteiger partial charge < -0.3 is 5.32 Å². The summed E-state index contributed by atoms with van der Waals surface area (Å²) in [7, 11) is 0. The van der Waals surface area contributed by atoms with E-state index in [2.05, 4.69) is 45.3 Å². The molecular weight excluding hydrogens is 294 g/mol. The fourth-order valence-electron chi connectivity index (χ4n) is 1.53. The first kappa shape index (κ1) is 12.8. The maximum Gasteiger partial charge on any atom is 0.258 e. The Morgan fingerprint density at radius 3 is 2.72 bits per heavy atom. The second-order valence-electron chi connectivity index (χ2n) is 4.30. The number of carbonyl (C=O) groups excluding carboxylic acids is 1. The Morgan fingerprint density at radius 1 is 1.39 bits per heavy atom. The van der Waals surface area contributed by atoms with Gasteiger partial charge in [-0.2, -0.15) is 5.10 Å². The van der Waals surface area contributed by atoms with Crippen LogP contribution in [0.25, 0.3) is 0 Å². The molecule has 94 valence electrons. The van der Waals surface area contributed by atoms with E-state index in [9.17, 15) is 4.79 Å². The number of amides is 1. The molecule has 1 aromatic carbocycles. The van der Waals surface area contributed by atoms with Gasteiger partial charge in [-0.05, 0) is 34.0 Å². The molecule has 1 amide bonds. The van der Waals surface area contributed by atoms with Crippen LogP contribution in [0.15, 0.2) is 34.8 Å². The number of nitrogens with one attached hydrogen (secondary N) is 2. The molecule has 1 heterocycles. The monoisotopic (exact) mass is 307 g/mol. The minimum Gasteiger partial charge on any atom is -0.305 e. The van der Waals surface area contributed by atoms with Gasteiger partial charge >= 0.3 is 0 Å². The quantitative estimate of drug-likeness (QED) is 0.911. The standard InChI is InChI=1S/C13H14BrN3O/c1-8(2)11-7-12(17-16-11)15-13(18)9-5-3-4-6-10(9)14/h3-8H,1-2H3,(H2,15,16,17,18). The predicted octanol–water partition coefficient (Wildman–Crippen LogP) is 3.55. The molecular formula is C13H14BrN3O. The van der Waals surface area contributed by atoms with Crippen molar-refractivity contribution in [3.63, 3.8) is 0 Å². The number of hydrogen-bond donors (Lipinski definition) is 2.